The van der Waals surface area contributed by atoms with Gasteiger partial charge in [-0.25, -0.2) is 19.2 Å². The van der Waals surface area contributed by atoms with E-state index in [2.05, 4.69) is 25.3 Å². The number of anilines is 4. The van der Waals surface area contributed by atoms with Crippen molar-refractivity contribution in [3.05, 3.63) is 71.8 Å². The highest BCUT2D eigenvalue weighted by molar-refractivity contribution is 5.90. The molecular formula is C19H18FN5O2. The molecule has 0 spiro atoms. The summed E-state index contributed by atoms with van der Waals surface area (Å²) in [7, 11) is 1.33. The van der Waals surface area contributed by atoms with E-state index in [9.17, 15) is 9.18 Å². The lowest BCUT2D eigenvalue weighted by Crippen LogP contribution is -2.08. The standard InChI is InChI=1S/C19H18FN5O2/c1-27-19(26)13-4-8-15(9-5-13)25-18-16(21)17(23-11-24-18)22-10-12-2-6-14(20)7-3-12/h2-9,11H,10,21H2,1H3,(H2,22,23,24,25). The molecule has 0 bridgehead atoms. The Hall–Kier alpha value is -3.68. The zero-order valence-corrected chi connectivity index (χ0v) is 14.6. The first-order valence-corrected chi connectivity index (χ1v) is 8.11. The van der Waals surface area contributed by atoms with Gasteiger partial charge in [0.05, 0.1) is 12.7 Å². The zero-order chi connectivity index (χ0) is 19.2. The molecule has 0 aliphatic carbocycles. The summed E-state index contributed by atoms with van der Waals surface area (Å²) in [6, 6.07) is 12.9. The molecule has 27 heavy (non-hydrogen) atoms. The van der Waals surface area contributed by atoms with E-state index in [0.717, 1.165) is 5.56 Å². The van der Waals surface area contributed by atoms with E-state index in [4.69, 9.17) is 5.73 Å². The van der Waals surface area contributed by atoms with Gasteiger partial charge >= 0.3 is 5.97 Å². The molecule has 0 saturated heterocycles. The summed E-state index contributed by atoms with van der Waals surface area (Å²) in [5.74, 6) is 0.195. The van der Waals surface area contributed by atoms with E-state index in [1.165, 1.54) is 25.6 Å². The Kier molecular flexibility index (Phi) is 5.46. The van der Waals surface area contributed by atoms with E-state index in [1.54, 1.807) is 36.4 Å². The number of nitrogens with two attached hydrogens (primary N) is 1. The van der Waals surface area contributed by atoms with Crippen LogP contribution in [0.1, 0.15) is 15.9 Å². The Morgan fingerprint density at radius 2 is 1.74 bits per heavy atom. The number of nitrogens with one attached hydrogen (secondary N) is 2. The molecule has 7 nitrogen and oxygen atoms in total. The largest absolute Gasteiger partial charge is 0.465 e. The molecule has 4 N–H and O–H groups in total. The Balaban J connectivity index is 1.70. The molecule has 0 radical (unpaired) electrons. The molecule has 0 atom stereocenters. The predicted molar refractivity (Wildman–Crippen MR) is 101 cm³/mol. The second-order valence-corrected chi connectivity index (χ2v) is 5.66. The Morgan fingerprint density at radius 3 is 2.41 bits per heavy atom. The third kappa shape index (κ3) is 4.49. The summed E-state index contributed by atoms with van der Waals surface area (Å²) >= 11 is 0. The Bertz CT molecular complexity index is 930. The van der Waals surface area contributed by atoms with Crippen LogP contribution in [-0.2, 0) is 11.3 Å². The molecule has 138 valence electrons. The number of nitrogen functional groups attached to an aromatic ring is 1. The monoisotopic (exact) mass is 367 g/mol. The lowest BCUT2D eigenvalue weighted by atomic mass is 10.2. The van der Waals surface area contributed by atoms with Crippen LogP contribution < -0.4 is 16.4 Å². The van der Waals surface area contributed by atoms with Crippen LogP contribution >= 0.6 is 0 Å². The SMILES string of the molecule is COC(=O)c1ccc(Nc2ncnc(NCc3ccc(F)cc3)c2N)cc1. The average Bonchev–Trinajstić information content (AvgIpc) is 2.70. The maximum absolute atomic E-state index is 13.0. The fraction of sp³-hybridized carbons (Fsp3) is 0.105. The molecule has 3 rings (SSSR count). The summed E-state index contributed by atoms with van der Waals surface area (Å²) in [6.45, 7) is 0.439. The highest BCUT2D eigenvalue weighted by Gasteiger charge is 2.09. The van der Waals surface area contributed by atoms with Crippen molar-refractivity contribution >= 4 is 29.0 Å². The molecule has 0 unspecified atom stereocenters. The Morgan fingerprint density at radius 1 is 1.07 bits per heavy atom. The number of ether oxygens (including phenoxy) is 1. The molecule has 8 heteroatoms. The van der Waals surface area contributed by atoms with Crippen LogP contribution in [0.5, 0.6) is 0 Å². The number of carbonyl (C=O) groups is 1. The fourth-order valence-corrected chi connectivity index (χ4v) is 2.37. The molecule has 0 fully saturated rings. The summed E-state index contributed by atoms with van der Waals surface area (Å²) in [4.78, 5) is 19.8. The van der Waals surface area contributed by atoms with Gasteiger partial charge in [-0.2, -0.15) is 0 Å². The number of hydrogen-bond donors (Lipinski definition) is 3. The maximum Gasteiger partial charge on any atom is 0.337 e. The summed E-state index contributed by atoms with van der Waals surface area (Å²) in [6.07, 6.45) is 1.38. The van der Waals surface area contributed by atoms with Crippen LogP contribution in [0, 0.1) is 5.82 Å². The molecule has 0 aliphatic heterocycles. The van der Waals surface area contributed by atoms with Crippen molar-refractivity contribution in [3.63, 3.8) is 0 Å². The third-order valence-electron chi connectivity index (χ3n) is 3.83. The van der Waals surface area contributed by atoms with Crippen molar-refractivity contribution < 1.29 is 13.9 Å². The molecule has 0 saturated carbocycles. The van der Waals surface area contributed by atoms with Crippen molar-refractivity contribution in [2.75, 3.05) is 23.5 Å². The van der Waals surface area contributed by atoms with Crippen LogP contribution in [0.2, 0.25) is 0 Å². The number of benzene rings is 2. The average molecular weight is 367 g/mol. The minimum absolute atomic E-state index is 0.287. The zero-order valence-electron chi connectivity index (χ0n) is 14.6. The van der Waals surface area contributed by atoms with Gasteiger partial charge in [-0.3, -0.25) is 0 Å². The normalized spacial score (nSPS) is 10.3. The number of rotatable bonds is 6. The number of carbonyl (C=O) groups excluding carboxylic acids is 1. The van der Waals surface area contributed by atoms with Gasteiger partial charge in [0.25, 0.3) is 0 Å². The first-order chi connectivity index (χ1) is 13.1. The fourth-order valence-electron chi connectivity index (χ4n) is 2.37. The third-order valence-corrected chi connectivity index (χ3v) is 3.83. The minimum Gasteiger partial charge on any atom is -0.465 e. The van der Waals surface area contributed by atoms with Gasteiger partial charge in [-0.05, 0) is 42.0 Å². The number of hydrogen-bond acceptors (Lipinski definition) is 7. The van der Waals surface area contributed by atoms with E-state index in [1.807, 2.05) is 0 Å². The molecule has 3 aromatic rings. The highest BCUT2D eigenvalue weighted by Crippen LogP contribution is 2.26. The molecule has 0 aliphatic rings. The minimum atomic E-state index is -0.407. The van der Waals surface area contributed by atoms with Gasteiger partial charge in [-0.15, -0.1) is 0 Å². The van der Waals surface area contributed by atoms with Gasteiger partial charge in [0, 0.05) is 12.2 Å². The van der Waals surface area contributed by atoms with E-state index < -0.39 is 5.97 Å². The van der Waals surface area contributed by atoms with Gasteiger partial charge in [-0.1, -0.05) is 12.1 Å². The summed E-state index contributed by atoms with van der Waals surface area (Å²) in [5, 5.41) is 6.19. The highest BCUT2D eigenvalue weighted by atomic mass is 19.1. The van der Waals surface area contributed by atoms with E-state index >= 15 is 0 Å². The van der Waals surface area contributed by atoms with Crippen molar-refractivity contribution in [1.29, 1.82) is 0 Å². The van der Waals surface area contributed by atoms with Gasteiger partial charge in [0.1, 0.15) is 17.8 Å². The maximum atomic E-state index is 13.0. The van der Waals surface area contributed by atoms with Gasteiger partial charge < -0.3 is 21.1 Å². The van der Waals surface area contributed by atoms with Crippen LogP contribution in [0.25, 0.3) is 0 Å². The van der Waals surface area contributed by atoms with E-state index in [-0.39, 0.29) is 5.82 Å². The molecule has 0 amide bonds. The second-order valence-electron chi connectivity index (χ2n) is 5.66. The topological polar surface area (TPSA) is 102 Å². The molecule has 1 heterocycles. The van der Waals surface area contributed by atoms with Gasteiger partial charge in [0.15, 0.2) is 11.6 Å². The first kappa shape index (κ1) is 18.1. The lowest BCUT2D eigenvalue weighted by molar-refractivity contribution is 0.0601. The second kappa shape index (κ2) is 8.13. The number of methoxy groups -OCH3 is 1. The number of aromatic nitrogens is 2. The van der Waals surface area contributed by atoms with Crippen molar-refractivity contribution in [2.24, 2.45) is 0 Å². The lowest BCUT2D eigenvalue weighted by Gasteiger charge is -2.13. The molecule has 2 aromatic carbocycles. The van der Waals surface area contributed by atoms with Crippen LogP contribution in [0.3, 0.4) is 0 Å². The van der Waals surface area contributed by atoms with E-state index in [0.29, 0.717) is 35.1 Å². The first-order valence-electron chi connectivity index (χ1n) is 8.11. The van der Waals surface area contributed by atoms with Crippen molar-refractivity contribution in [2.45, 2.75) is 6.54 Å². The summed E-state index contributed by atoms with van der Waals surface area (Å²) < 4.78 is 17.6. The smallest absolute Gasteiger partial charge is 0.337 e. The Labute approximate surface area is 155 Å². The summed E-state index contributed by atoms with van der Waals surface area (Å²) in [5.41, 5.74) is 8.52. The predicted octanol–water partition coefficient (Wildman–Crippen LogP) is 3.34. The quantitative estimate of drug-likeness (QED) is 0.574. The molecular weight excluding hydrogens is 349 g/mol. The van der Waals surface area contributed by atoms with Crippen LogP contribution in [0.4, 0.5) is 27.4 Å². The van der Waals surface area contributed by atoms with Crippen molar-refractivity contribution in [1.82, 2.24) is 9.97 Å². The van der Waals surface area contributed by atoms with Crippen LogP contribution in [0.15, 0.2) is 54.9 Å². The number of esters is 1. The van der Waals surface area contributed by atoms with Gasteiger partial charge in [0.2, 0.25) is 0 Å². The number of halogens is 1. The molecule has 1 aromatic heterocycles. The van der Waals surface area contributed by atoms with Crippen LogP contribution in [-0.4, -0.2) is 23.0 Å². The van der Waals surface area contributed by atoms with Crippen molar-refractivity contribution in [3.8, 4) is 0 Å². The number of nitrogens with zero attached hydrogens (tertiary/aromatic N) is 2.